The van der Waals surface area contributed by atoms with Crippen LogP contribution in [0.15, 0.2) is 90.0 Å². The van der Waals surface area contributed by atoms with Gasteiger partial charge in [-0.2, -0.15) is 5.10 Å². The molecule has 3 aromatic rings. The third kappa shape index (κ3) is 4.37. The van der Waals surface area contributed by atoms with Gasteiger partial charge in [0, 0.05) is 12.8 Å². The molecule has 4 rings (SSSR count). The molecular weight excluding hydrogens is 360 g/mol. The van der Waals surface area contributed by atoms with Crippen LogP contribution in [0.2, 0.25) is 0 Å². The zero-order valence-corrected chi connectivity index (χ0v) is 16.5. The van der Waals surface area contributed by atoms with Gasteiger partial charge in [0.2, 0.25) is 5.91 Å². The molecule has 1 atom stereocenters. The Hall–Kier alpha value is -3.40. The fourth-order valence-electron chi connectivity index (χ4n) is 3.64. The average molecular weight is 384 g/mol. The van der Waals surface area contributed by atoms with Crippen LogP contribution in [0.25, 0.3) is 0 Å². The molecule has 1 aliphatic heterocycles. The van der Waals surface area contributed by atoms with Crippen LogP contribution < -0.4 is 4.74 Å². The molecule has 4 nitrogen and oxygen atoms in total. The molecule has 0 N–H and O–H groups in total. The fourth-order valence-corrected chi connectivity index (χ4v) is 3.64. The van der Waals surface area contributed by atoms with Crippen molar-refractivity contribution in [1.29, 1.82) is 0 Å². The molecule has 3 aromatic carbocycles. The Kier molecular flexibility index (Phi) is 5.71. The summed E-state index contributed by atoms with van der Waals surface area (Å²) in [6.45, 7) is 0. The van der Waals surface area contributed by atoms with Gasteiger partial charge in [-0.25, -0.2) is 5.01 Å². The zero-order valence-electron chi connectivity index (χ0n) is 16.5. The van der Waals surface area contributed by atoms with E-state index >= 15 is 0 Å². The maximum absolute atomic E-state index is 13.1. The molecule has 0 bridgehead atoms. The molecule has 29 heavy (non-hydrogen) atoms. The van der Waals surface area contributed by atoms with Crippen LogP contribution in [0.3, 0.4) is 0 Å². The van der Waals surface area contributed by atoms with Crippen LogP contribution in [-0.4, -0.2) is 23.7 Å². The SMILES string of the molecule is COc1ccc(C2=NN(C(=O)CCc3ccccc3)C(c3ccccc3)C2)cc1. The van der Waals surface area contributed by atoms with E-state index in [0.29, 0.717) is 19.3 Å². The van der Waals surface area contributed by atoms with Gasteiger partial charge in [-0.1, -0.05) is 60.7 Å². The van der Waals surface area contributed by atoms with Crippen molar-refractivity contribution in [3.8, 4) is 5.75 Å². The third-order valence-corrected chi connectivity index (χ3v) is 5.24. The Labute approximate surface area is 171 Å². The van der Waals surface area contributed by atoms with E-state index in [1.54, 1.807) is 12.1 Å². The lowest BCUT2D eigenvalue weighted by atomic mass is 9.98. The first-order valence-corrected chi connectivity index (χ1v) is 9.87. The second kappa shape index (κ2) is 8.74. The van der Waals surface area contributed by atoms with Crippen molar-refractivity contribution in [2.24, 2.45) is 5.10 Å². The van der Waals surface area contributed by atoms with Crippen LogP contribution in [-0.2, 0) is 11.2 Å². The van der Waals surface area contributed by atoms with Crippen LogP contribution >= 0.6 is 0 Å². The summed E-state index contributed by atoms with van der Waals surface area (Å²) >= 11 is 0. The number of rotatable bonds is 6. The van der Waals surface area contributed by atoms with Crippen molar-refractivity contribution in [3.63, 3.8) is 0 Å². The van der Waals surface area contributed by atoms with E-state index in [0.717, 1.165) is 28.2 Å². The summed E-state index contributed by atoms with van der Waals surface area (Å²) in [6, 6.07) is 28.0. The number of carbonyl (C=O) groups excluding carboxylic acids is 1. The van der Waals surface area contributed by atoms with Crippen LogP contribution in [0.5, 0.6) is 5.75 Å². The third-order valence-electron chi connectivity index (χ3n) is 5.24. The Morgan fingerprint density at radius 2 is 1.62 bits per heavy atom. The van der Waals surface area contributed by atoms with E-state index < -0.39 is 0 Å². The van der Waals surface area contributed by atoms with Crippen molar-refractivity contribution in [1.82, 2.24) is 5.01 Å². The fraction of sp³-hybridized carbons (Fsp3) is 0.200. The number of hydrazone groups is 1. The normalized spacial score (nSPS) is 15.8. The number of benzene rings is 3. The summed E-state index contributed by atoms with van der Waals surface area (Å²) in [5.41, 5.74) is 4.21. The van der Waals surface area contributed by atoms with Gasteiger partial charge in [-0.05, 0) is 47.4 Å². The quantitative estimate of drug-likeness (QED) is 0.600. The number of amides is 1. The van der Waals surface area contributed by atoms with E-state index in [9.17, 15) is 4.79 Å². The molecule has 4 heteroatoms. The Bertz CT molecular complexity index is 982. The minimum absolute atomic E-state index is 0.0474. The van der Waals surface area contributed by atoms with Crippen LogP contribution in [0.1, 0.15) is 35.6 Å². The summed E-state index contributed by atoms with van der Waals surface area (Å²) in [4.78, 5) is 13.1. The Morgan fingerprint density at radius 1 is 0.966 bits per heavy atom. The molecule has 1 unspecified atom stereocenters. The first-order valence-electron chi connectivity index (χ1n) is 9.87. The van der Waals surface area contributed by atoms with Gasteiger partial charge in [0.25, 0.3) is 0 Å². The molecule has 0 radical (unpaired) electrons. The van der Waals surface area contributed by atoms with Crippen molar-refractivity contribution in [3.05, 3.63) is 102 Å². The molecule has 0 saturated heterocycles. The predicted octanol–water partition coefficient (Wildman–Crippen LogP) is 5.01. The van der Waals surface area contributed by atoms with E-state index in [1.807, 2.05) is 60.7 Å². The molecule has 1 heterocycles. The van der Waals surface area contributed by atoms with Crippen molar-refractivity contribution in [2.45, 2.75) is 25.3 Å². The molecule has 146 valence electrons. The number of hydrogen-bond donors (Lipinski definition) is 0. The molecule has 0 fully saturated rings. The molecule has 0 spiro atoms. The van der Waals surface area contributed by atoms with E-state index in [2.05, 4.69) is 24.3 Å². The predicted molar refractivity (Wildman–Crippen MR) is 115 cm³/mol. The maximum atomic E-state index is 13.1. The lowest BCUT2D eigenvalue weighted by Crippen LogP contribution is -2.27. The molecule has 1 amide bonds. The standard InChI is InChI=1S/C25H24N2O2/c1-29-22-15-13-20(14-16-22)23-18-24(21-10-6-3-7-11-21)27(26-23)25(28)17-12-19-8-4-2-5-9-19/h2-11,13-16,24H,12,17-18H2,1H3. The number of hydrogen-bond acceptors (Lipinski definition) is 3. The first-order chi connectivity index (χ1) is 14.2. The summed E-state index contributed by atoms with van der Waals surface area (Å²) < 4.78 is 5.25. The van der Waals surface area contributed by atoms with E-state index in [1.165, 1.54) is 0 Å². The highest BCUT2D eigenvalue weighted by molar-refractivity contribution is 6.03. The minimum atomic E-state index is -0.0726. The van der Waals surface area contributed by atoms with Crippen molar-refractivity contribution < 1.29 is 9.53 Å². The Morgan fingerprint density at radius 3 is 2.28 bits per heavy atom. The lowest BCUT2D eigenvalue weighted by molar-refractivity contribution is -0.133. The summed E-state index contributed by atoms with van der Waals surface area (Å²) in [6.07, 6.45) is 1.85. The number of methoxy groups -OCH3 is 1. The van der Waals surface area contributed by atoms with Gasteiger partial charge in [-0.3, -0.25) is 4.79 Å². The molecule has 1 aliphatic rings. The maximum Gasteiger partial charge on any atom is 0.243 e. The zero-order chi connectivity index (χ0) is 20.1. The van der Waals surface area contributed by atoms with Gasteiger partial charge >= 0.3 is 0 Å². The average Bonchev–Trinajstić information content (AvgIpc) is 3.24. The van der Waals surface area contributed by atoms with E-state index in [-0.39, 0.29) is 11.9 Å². The molecule has 0 aliphatic carbocycles. The van der Waals surface area contributed by atoms with Gasteiger partial charge < -0.3 is 4.74 Å². The minimum Gasteiger partial charge on any atom is -0.497 e. The summed E-state index contributed by atoms with van der Waals surface area (Å²) in [5.74, 6) is 0.856. The summed E-state index contributed by atoms with van der Waals surface area (Å²) in [7, 11) is 1.65. The van der Waals surface area contributed by atoms with Crippen molar-refractivity contribution in [2.75, 3.05) is 7.11 Å². The summed E-state index contributed by atoms with van der Waals surface area (Å²) in [5, 5.41) is 6.42. The van der Waals surface area contributed by atoms with Gasteiger partial charge in [-0.15, -0.1) is 0 Å². The number of ether oxygens (including phenoxy) is 1. The van der Waals surface area contributed by atoms with Crippen molar-refractivity contribution >= 4 is 11.6 Å². The van der Waals surface area contributed by atoms with Crippen LogP contribution in [0.4, 0.5) is 0 Å². The largest absolute Gasteiger partial charge is 0.497 e. The Balaban J connectivity index is 1.57. The van der Waals surface area contributed by atoms with Gasteiger partial charge in [0.05, 0.1) is 18.9 Å². The molecular formula is C25H24N2O2. The van der Waals surface area contributed by atoms with Gasteiger partial charge in [0.15, 0.2) is 0 Å². The highest BCUT2D eigenvalue weighted by Gasteiger charge is 2.32. The number of aryl methyl sites for hydroxylation is 1. The molecule has 0 saturated carbocycles. The lowest BCUT2D eigenvalue weighted by Gasteiger charge is -2.22. The smallest absolute Gasteiger partial charge is 0.243 e. The first kappa shape index (κ1) is 18.9. The topological polar surface area (TPSA) is 41.9 Å². The number of carbonyl (C=O) groups is 1. The van der Waals surface area contributed by atoms with E-state index in [4.69, 9.17) is 9.84 Å². The second-order valence-corrected chi connectivity index (χ2v) is 7.13. The van der Waals surface area contributed by atoms with Gasteiger partial charge in [0.1, 0.15) is 5.75 Å². The second-order valence-electron chi connectivity index (χ2n) is 7.13. The highest BCUT2D eigenvalue weighted by Crippen LogP contribution is 2.33. The highest BCUT2D eigenvalue weighted by atomic mass is 16.5. The number of nitrogens with zero attached hydrogens (tertiary/aromatic N) is 2. The monoisotopic (exact) mass is 384 g/mol. The molecule has 0 aromatic heterocycles. The van der Waals surface area contributed by atoms with Crippen LogP contribution in [0, 0.1) is 0 Å².